The zero-order chi connectivity index (χ0) is 76.3. The highest BCUT2D eigenvalue weighted by Gasteiger charge is 2.38. The van der Waals surface area contributed by atoms with Crippen LogP contribution in [0.25, 0.3) is 10.9 Å². The molecule has 2 heterocycles. The number of hydrogen-bond donors (Lipinski definition) is 21. The molecule has 0 unspecified atom stereocenters. The molecule has 0 bridgehead atoms. The predicted octanol–water partition coefficient (Wildman–Crippen LogP) is -4.35. The van der Waals surface area contributed by atoms with Crippen molar-refractivity contribution in [3.05, 3.63) is 54.2 Å². The van der Waals surface area contributed by atoms with Gasteiger partial charge in [-0.25, -0.2) is 4.98 Å². The molecule has 37 heteroatoms. The van der Waals surface area contributed by atoms with E-state index in [1.54, 1.807) is 72.0 Å². The lowest BCUT2D eigenvalue weighted by molar-refractivity contribution is -0.136. The van der Waals surface area contributed by atoms with Gasteiger partial charge < -0.3 is 115 Å². The van der Waals surface area contributed by atoms with Crippen molar-refractivity contribution in [3.8, 4) is 0 Å². The first-order chi connectivity index (χ1) is 48.2. The first-order valence-corrected chi connectivity index (χ1v) is 34.2. The molecule has 566 valence electrons. The van der Waals surface area contributed by atoms with E-state index in [9.17, 15) is 43.2 Å². The number of guanidine groups is 4. The van der Waals surface area contributed by atoms with Crippen molar-refractivity contribution >= 4 is 99.7 Å². The molecule has 0 aliphatic rings. The summed E-state index contributed by atoms with van der Waals surface area (Å²) in [4.78, 5) is 182. The smallest absolute Gasteiger partial charge is 0.243 e. The summed E-state index contributed by atoms with van der Waals surface area (Å²) in [6.07, 6.45) is 5.01. The Balaban J connectivity index is 2.13. The quantitative estimate of drug-likeness (QED) is 0.0144. The van der Waals surface area contributed by atoms with Gasteiger partial charge in [0.2, 0.25) is 65.0 Å². The van der Waals surface area contributed by atoms with Gasteiger partial charge in [-0.15, -0.1) is 0 Å². The summed E-state index contributed by atoms with van der Waals surface area (Å²) in [7, 11) is 0. The van der Waals surface area contributed by atoms with Gasteiger partial charge in [0.15, 0.2) is 23.8 Å². The molecule has 37 nitrogen and oxygen atoms in total. The van der Waals surface area contributed by atoms with E-state index in [0.29, 0.717) is 35.0 Å². The number of primary amides is 1. The van der Waals surface area contributed by atoms with Crippen molar-refractivity contribution in [3.63, 3.8) is 0 Å². The first kappa shape index (κ1) is 85.4. The lowest BCUT2D eigenvalue weighted by Crippen LogP contribution is -2.62. The minimum atomic E-state index is -1.52. The second-order valence-electron chi connectivity index (χ2n) is 25.8. The number of aliphatic imine (C=N–C) groups is 4. The van der Waals surface area contributed by atoms with Crippen LogP contribution in [0.15, 0.2) is 63.0 Å². The average molecular weight is 1430 g/mol. The van der Waals surface area contributed by atoms with Crippen LogP contribution in [0.1, 0.15) is 138 Å². The monoisotopic (exact) mass is 1430 g/mol. The van der Waals surface area contributed by atoms with Gasteiger partial charge in [0.1, 0.15) is 60.4 Å². The molecule has 0 spiro atoms. The number of nitrogens with zero attached hydrogens (tertiary/aromatic N) is 5. The lowest BCUT2D eigenvalue weighted by Gasteiger charge is -2.30. The van der Waals surface area contributed by atoms with E-state index < -0.39 is 137 Å². The number of nitrogens with one attached hydrogen (secondary N) is 12. The molecule has 1 aromatic carbocycles. The summed E-state index contributed by atoms with van der Waals surface area (Å²) < 4.78 is 0. The number of aromatic nitrogens is 3. The number of hydrogen-bond acceptors (Lipinski definition) is 16. The Labute approximate surface area is 593 Å². The summed E-state index contributed by atoms with van der Waals surface area (Å²) in [5.74, 6) is -11.6. The van der Waals surface area contributed by atoms with Crippen LogP contribution in [-0.2, 0) is 65.6 Å². The molecule has 30 N–H and O–H groups in total. The number of fused-ring (bicyclic) bond motifs is 1. The third kappa shape index (κ3) is 30.0. The Morgan fingerprint density at radius 3 is 1.15 bits per heavy atom. The van der Waals surface area contributed by atoms with Gasteiger partial charge in [-0.2, -0.15) is 0 Å². The maximum absolute atomic E-state index is 15.2. The highest BCUT2D eigenvalue weighted by atomic mass is 16.2. The number of para-hydroxylation sites is 1. The maximum Gasteiger partial charge on any atom is 0.243 e. The third-order valence-corrected chi connectivity index (χ3v) is 16.8. The largest absolute Gasteiger partial charge is 0.370 e. The van der Waals surface area contributed by atoms with Gasteiger partial charge in [-0.1, -0.05) is 86.4 Å². The van der Waals surface area contributed by atoms with E-state index in [1.165, 1.54) is 19.4 Å². The fraction of sp³-hybridized carbons (Fsp3) is 0.600. The second-order valence-corrected chi connectivity index (χ2v) is 25.8. The Kier molecular flexibility index (Phi) is 36.6. The Morgan fingerprint density at radius 1 is 0.422 bits per heavy atom. The van der Waals surface area contributed by atoms with Crippen LogP contribution in [0.4, 0.5) is 0 Å². The molecule has 0 radical (unpaired) electrons. The van der Waals surface area contributed by atoms with E-state index in [0.717, 1.165) is 0 Å². The van der Waals surface area contributed by atoms with Crippen LogP contribution in [0, 0.1) is 23.7 Å². The predicted molar refractivity (Wildman–Crippen MR) is 387 cm³/mol. The fourth-order valence-corrected chi connectivity index (χ4v) is 10.7. The van der Waals surface area contributed by atoms with Crippen LogP contribution >= 0.6 is 0 Å². The zero-order valence-electron chi connectivity index (χ0n) is 59.9. The number of rotatable bonds is 46. The van der Waals surface area contributed by atoms with E-state index >= 15 is 9.59 Å². The minimum absolute atomic E-state index is 0.0170. The molecule has 12 atom stereocenters. The molecule has 2 aromatic heterocycles. The molecule has 0 saturated carbocycles. The van der Waals surface area contributed by atoms with Crippen molar-refractivity contribution < 1.29 is 52.7 Å². The number of imidazole rings is 1. The second kappa shape index (κ2) is 43.7. The van der Waals surface area contributed by atoms with Gasteiger partial charge in [0.25, 0.3) is 0 Å². The molecular formula is C65H110N26O11. The highest BCUT2D eigenvalue weighted by molar-refractivity contribution is 5.99. The molecule has 3 aromatic rings. The van der Waals surface area contributed by atoms with Crippen molar-refractivity contribution in [2.24, 2.45) is 95.2 Å². The number of carbonyl (C=O) groups excluding carboxylic acids is 11. The number of nitrogens with two attached hydrogens (primary N) is 9. The summed E-state index contributed by atoms with van der Waals surface area (Å²) in [5.41, 5.74) is 52.1. The molecule has 3 rings (SSSR count). The Hall–Kier alpha value is -10.8. The SMILES string of the molecule is CC[C@@H](C)[C@@H](NC(=O)[C@H](NC(=O)[C@@H](CCCN=C(N)N)NC(=O)[C@@H](Cc1cnc[nH]1)NC(=O)[C@@H](CCCN=C(N)N)NC(=O)[C@@H](Cc1c[nH]c2ccccc12)NC(=O)[C@H](NC(=O)[C@@H](CCCN=C(N)N)NC(=O)[C@@H](CCCN=C(N)N)NC(=O)[C@H](NC(C)=O)[C@H](C)CC)C(C)C)C(C)C)C(N)=O. The topological polar surface area (TPSA) is 636 Å². The van der Waals surface area contributed by atoms with Crippen LogP contribution in [0.2, 0.25) is 0 Å². The standard InChI is InChI=1S/C65H110N26O11/c1-10-35(7)50(52(66)93)91-60(101)49(34(5)6)90-56(97)45(23-17-27-79-65(73)74)85-58(99)47(29-39-31-75-32-81-39)87-54(95)42(20-14-24-76-62(67)68)84-57(98)46(28-38-30-80-41-19-13-12-18-40(38)41)88-59(100)48(33(3)4)89-55(96)44(22-16-26-78-64(71)72)83-53(94)43(21-15-25-77-63(69)70)86-61(102)51(36(8)11-2)82-37(9)92/h12-13,18-19,30-36,42-51,80H,10-11,14-17,20-29H2,1-9H3,(H2,66,93)(H,75,81)(H,82,92)(H,83,94)(H,84,98)(H,85,99)(H,86,102)(H,87,95)(H,88,100)(H,89,96)(H,90,97)(H,91,101)(H4,67,68,76)(H4,69,70,77)(H4,71,72,78)(H4,73,74,79)/t35-,36-,42-,43-,44-,45-,46-,47-,48-,49-,50-,51-/m1/s1. The van der Waals surface area contributed by atoms with E-state index in [1.807, 2.05) is 13.8 Å². The molecular weight excluding hydrogens is 1320 g/mol. The van der Waals surface area contributed by atoms with E-state index in [4.69, 9.17) is 51.6 Å². The molecule has 102 heavy (non-hydrogen) atoms. The molecule has 0 fully saturated rings. The summed E-state index contributed by atoms with van der Waals surface area (Å²) in [6.45, 7) is 15.1. The average Bonchev–Trinajstić information content (AvgIpc) is 1.66. The maximum atomic E-state index is 15.2. The normalized spacial score (nSPS) is 14.7. The lowest BCUT2D eigenvalue weighted by atomic mass is 9.96. The molecule has 0 aliphatic carbocycles. The summed E-state index contributed by atoms with van der Waals surface area (Å²) in [5, 5.41) is 27.9. The fourth-order valence-electron chi connectivity index (χ4n) is 10.7. The Morgan fingerprint density at radius 2 is 0.765 bits per heavy atom. The van der Waals surface area contributed by atoms with Crippen LogP contribution in [-0.4, -0.2) is 190 Å². The molecule has 11 amide bonds. The van der Waals surface area contributed by atoms with Gasteiger partial charge >= 0.3 is 0 Å². The van der Waals surface area contributed by atoms with E-state index in [-0.39, 0.29) is 126 Å². The number of amides is 11. The molecule has 0 saturated heterocycles. The van der Waals surface area contributed by atoms with Crippen molar-refractivity contribution in [2.45, 2.75) is 200 Å². The Bertz CT molecular complexity index is 3370. The van der Waals surface area contributed by atoms with Gasteiger partial charge in [-0.05, 0) is 86.7 Å². The summed E-state index contributed by atoms with van der Waals surface area (Å²) in [6, 6.07) is -6.26. The van der Waals surface area contributed by atoms with Crippen molar-refractivity contribution in [1.82, 2.24) is 68.1 Å². The number of carbonyl (C=O) groups is 11. The van der Waals surface area contributed by atoms with Gasteiger partial charge in [0.05, 0.1) is 6.33 Å². The first-order valence-electron chi connectivity index (χ1n) is 34.2. The molecule has 0 aliphatic heterocycles. The van der Waals surface area contributed by atoms with Crippen molar-refractivity contribution in [2.75, 3.05) is 26.2 Å². The highest BCUT2D eigenvalue weighted by Crippen LogP contribution is 2.21. The number of H-pyrrole nitrogens is 2. The van der Waals surface area contributed by atoms with Crippen molar-refractivity contribution in [1.29, 1.82) is 0 Å². The van der Waals surface area contributed by atoms with Gasteiger partial charge in [-0.3, -0.25) is 72.7 Å². The number of benzene rings is 1. The van der Waals surface area contributed by atoms with Crippen LogP contribution < -0.4 is 105 Å². The van der Waals surface area contributed by atoms with Gasteiger partial charge in [0, 0.05) is 74.9 Å². The van der Waals surface area contributed by atoms with Crippen LogP contribution in [0.5, 0.6) is 0 Å². The zero-order valence-corrected chi connectivity index (χ0v) is 59.9. The summed E-state index contributed by atoms with van der Waals surface area (Å²) >= 11 is 0. The number of aromatic amines is 2. The van der Waals surface area contributed by atoms with E-state index in [2.05, 4.69) is 88.1 Å². The minimum Gasteiger partial charge on any atom is -0.370 e. The third-order valence-electron chi connectivity index (χ3n) is 16.8. The van der Waals surface area contributed by atoms with Crippen LogP contribution in [0.3, 0.4) is 0 Å².